The predicted octanol–water partition coefficient (Wildman–Crippen LogP) is 4.14. The molecule has 0 fully saturated rings. The summed E-state index contributed by atoms with van der Waals surface area (Å²) < 4.78 is 14.0. The highest BCUT2D eigenvalue weighted by Gasteiger charge is 2.16. The van der Waals surface area contributed by atoms with Gasteiger partial charge < -0.3 is 10.2 Å². The van der Waals surface area contributed by atoms with Gasteiger partial charge in [0.1, 0.15) is 5.82 Å². The first-order valence-electron chi connectivity index (χ1n) is 7.04. The van der Waals surface area contributed by atoms with Crippen molar-refractivity contribution in [3.63, 3.8) is 0 Å². The van der Waals surface area contributed by atoms with Crippen molar-refractivity contribution < 1.29 is 4.39 Å². The third-order valence-electron chi connectivity index (χ3n) is 3.17. The van der Waals surface area contributed by atoms with E-state index in [1.807, 2.05) is 19.9 Å². The number of hydrogen-bond donors (Lipinski definition) is 1. The van der Waals surface area contributed by atoms with E-state index >= 15 is 0 Å². The van der Waals surface area contributed by atoms with Gasteiger partial charge in [0.05, 0.1) is 10.7 Å². The Balaban J connectivity index is 2.33. The zero-order chi connectivity index (χ0) is 15.2. The van der Waals surface area contributed by atoms with Crippen molar-refractivity contribution in [3.05, 3.63) is 52.9 Å². The summed E-state index contributed by atoms with van der Waals surface area (Å²) in [6.07, 6.45) is 1.77. The van der Waals surface area contributed by atoms with Crippen molar-refractivity contribution >= 4 is 23.1 Å². The van der Waals surface area contributed by atoms with Crippen LogP contribution in [0.15, 0.2) is 36.5 Å². The second kappa shape index (κ2) is 7.38. The van der Waals surface area contributed by atoms with Crippen molar-refractivity contribution in [1.29, 1.82) is 0 Å². The van der Waals surface area contributed by atoms with Crippen LogP contribution >= 0.6 is 11.6 Å². The molecule has 1 heterocycles. The molecule has 0 aliphatic rings. The standard InChI is InChI=1S/C16H19ClFN3/c1-3-19-10-12-9-13(17)16(20-11-12)21(4-2)15-8-6-5-7-14(15)18/h5-9,11,19H,3-4,10H2,1-2H3. The van der Waals surface area contributed by atoms with Crippen LogP contribution in [0.4, 0.5) is 15.9 Å². The van der Waals surface area contributed by atoms with Crippen LogP contribution in [0, 0.1) is 5.82 Å². The van der Waals surface area contributed by atoms with Gasteiger partial charge in [-0.2, -0.15) is 0 Å². The van der Waals surface area contributed by atoms with E-state index in [4.69, 9.17) is 11.6 Å². The Kier molecular flexibility index (Phi) is 5.53. The molecule has 0 atom stereocenters. The topological polar surface area (TPSA) is 28.2 Å². The molecule has 1 N–H and O–H groups in total. The van der Waals surface area contributed by atoms with Gasteiger partial charge in [-0.1, -0.05) is 30.7 Å². The molecule has 3 nitrogen and oxygen atoms in total. The van der Waals surface area contributed by atoms with E-state index in [-0.39, 0.29) is 5.82 Å². The average molecular weight is 308 g/mol. The lowest BCUT2D eigenvalue weighted by molar-refractivity contribution is 0.625. The quantitative estimate of drug-likeness (QED) is 0.869. The number of nitrogens with zero attached hydrogens (tertiary/aromatic N) is 2. The second-order valence-electron chi connectivity index (χ2n) is 4.62. The summed E-state index contributed by atoms with van der Waals surface area (Å²) >= 11 is 6.33. The van der Waals surface area contributed by atoms with Crippen molar-refractivity contribution in [2.45, 2.75) is 20.4 Å². The highest BCUT2D eigenvalue weighted by atomic mass is 35.5. The number of pyridine rings is 1. The lowest BCUT2D eigenvalue weighted by atomic mass is 10.2. The number of benzene rings is 1. The van der Waals surface area contributed by atoms with Crippen molar-refractivity contribution in [2.75, 3.05) is 18.0 Å². The van der Waals surface area contributed by atoms with Crippen LogP contribution in [-0.2, 0) is 6.54 Å². The fraction of sp³-hybridized carbons (Fsp3) is 0.312. The molecule has 21 heavy (non-hydrogen) atoms. The zero-order valence-corrected chi connectivity index (χ0v) is 13.0. The third kappa shape index (κ3) is 3.71. The molecule has 0 spiro atoms. The maximum atomic E-state index is 14.0. The summed E-state index contributed by atoms with van der Waals surface area (Å²) in [5, 5.41) is 3.75. The molecule has 0 radical (unpaired) electrons. The fourth-order valence-electron chi connectivity index (χ4n) is 2.14. The van der Waals surface area contributed by atoms with Crippen LogP contribution in [-0.4, -0.2) is 18.1 Å². The summed E-state index contributed by atoms with van der Waals surface area (Å²) in [5.74, 6) is 0.290. The van der Waals surface area contributed by atoms with Crippen LogP contribution in [0.5, 0.6) is 0 Å². The summed E-state index contributed by atoms with van der Waals surface area (Å²) in [6, 6.07) is 8.50. The summed E-state index contributed by atoms with van der Waals surface area (Å²) in [5.41, 5.74) is 1.49. The number of anilines is 2. The van der Waals surface area contributed by atoms with E-state index in [1.165, 1.54) is 6.07 Å². The molecule has 0 aliphatic carbocycles. The van der Waals surface area contributed by atoms with E-state index in [1.54, 1.807) is 29.3 Å². The molecule has 0 amide bonds. The van der Waals surface area contributed by atoms with E-state index in [0.717, 1.165) is 18.7 Å². The van der Waals surface area contributed by atoms with Gasteiger partial charge >= 0.3 is 0 Å². The molecule has 1 aromatic heterocycles. The molecule has 0 aliphatic heterocycles. The van der Waals surface area contributed by atoms with Gasteiger partial charge in [0, 0.05) is 19.3 Å². The number of rotatable bonds is 6. The molecule has 112 valence electrons. The zero-order valence-electron chi connectivity index (χ0n) is 12.2. The monoisotopic (exact) mass is 307 g/mol. The van der Waals surface area contributed by atoms with Gasteiger partial charge in [-0.3, -0.25) is 0 Å². The number of nitrogens with one attached hydrogen (secondary N) is 1. The summed E-state index contributed by atoms with van der Waals surface area (Å²) in [6.45, 7) is 6.17. The van der Waals surface area contributed by atoms with Gasteiger partial charge in [-0.15, -0.1) is 0 Å². The average Bonchev–Trinajstić information content (AvgIpc) is 2.49. The van der Waals surface area contributed by atoms with Crippen LogP contribution in [0.3, 0.4) is 0 Å². The molecular formula is C16H19ClFN3. The highest BCUT2D eigenvalue weighted by molar-refractivity contribution is 6.33. The molecule has 0 saturated carbocycles. The molecule has 0 bridgehead atoms. The Morgan fingerprint density at radius 2 is 2.05 bits per heavy atom. The molecule has 0 saturated heterocycles. The fourth-order valence-corrected chi connectivity index (χ4v) is 2.43. The van der Waals surface area contributed by atoms with Crippen molar-refractivity contribution in [1.82, 2.24) is 10.3 Å². The van der Waals surface area contributed by atoms with E-state index in [0.29, 0.717) is 23.1 Å². The van der Waals surface area contributed by atoms with E-state index < -0.39 is 0 Å². The minimum atomic E-state index is -0.283. The van der Waals surface area contributed by atoms with E-state index in [2.05, 4.69) is 10.3 Å². The highest BCUT2D eigenvalue weighted by Crippen LogP contribution is 2.31. The third-order valence-corrected chi connectivity index (χ3v) is 3.45. The second-order valence-corrected chi connectivity index (χ2v) is 5.03. The molecule has 1 aromatic carbocycles. The maximum Gasteiger partial charge on any atom is 0.151 e. The smallest absolute Gasteiger partial charge is 0.151 e. The minimum absolute atomic E-state index is 0.283. The molecule has 0 unspecified atom stereocenters. The predicted molar refractivity (Wildman–Crippen MR) is 85.7 cm³/mol. The normalized spacial score (nSPS) is 10.7. The van der Waals surface area contributed by atoms with Gasteiger partial charge in [0.15, 0.2) is 5.82 Å². The first kappa shape index (κ1) is 15.7. The van der Waals surface area contributed by atoms with Gasteiger partial charge in [-0.25, -0.2) is 9.37 Å². The first-order chi connectivity index (χ1) is 10.2. The Morgan fingerprint density at radius 3 is 2.67 bits per heavy atom. The Morgan fingerprint density at radius 1 is 1.29 bits per heavy atom. The Hall–Kier alpha value is -1.65. The first-order valence-corrected chi connectivity index (χ1v) is 7.42. The van der Waals surface area contributed by atoms with Crippen molar-refractivity contribution in [3.8, 4) is 0 Å². The van der Waals surface area contributed by atoms with E-state index in [9.17, 15) is 4.39 Å². The van der Waals surface area contributed by atoms with Crippen LogP contribution in [0.2, 0.25) is 5.02 Å². The Labute approximate surface area is 129 Å². The van der Waals surface area contributed by atoms with Crippen LogP contribution in [0.25, 0.3) is 0 Å². The number of hydrogen-bond acceptors (Lipinski definition) is 3. The minimum Gasteiger partial charge on any atom is -0.323 e. The Bertz CT molecular complexity index is 604. The molecular weight excluding hydrogens is 289 g/mol. The van der Waals surface area contributed by atoms with Gasteiger partial charge in [0.2, 0.25) is 0 Å². The summed E-state index contributed by atoms with van der Waals surface area (Å²) in [7, 11) is 0. The number of para-hydroxylation sites is 1. The molecule has 2 aromatic rings. The van der Waals surface area contributed by atoms with Gasteiger partial charge in [-0.05, 0) is 37.2 Å². The summed E-state index contributed by atoms with van der Waals surface area (Å²) in [4.78, 5) is 6.18. The van der Waals surface area contributed by atoms with Crippen LogP contribution < -0.4 is 10.2 Å². The lowest BCUT2D eigenvalue weighted by Gasteiger charge is -2.23. The SMILES string of the molecule is CCNCc1cnc(N(CC)c2ccccc2F)c(Cl)c1. The van der Waals surface area contributed by atoms with Crippen LogP contribution in [0.1, 0.15) is 19.4 Å². The number of halogens is 2. The lowest BCUT2D eigenvalue weighted by Crippen LogP contribution is -2.19. The molecule has 5 heteroatoms. The largest absolute Gasteiger partial charge is 0.323 e. The molecule has 2 rings (SSSR count). The number of aromatic nitrogens is 1. The maximum absolute atomic E-state index is 14.0. The van der Waals surface area contributed by atoms with Gasteiger partial charge in [0.25, 0.3) is 0 Å². The van der Waals surface area contributed by atoms with Crippen molar-refractivity contribution in [2.24, 2.45) is 0 Å².